The molecule has 1 N–H and O–H groups in total. The smallest absolute Gasteiger partial charge is 0.416 e. The second kappa shape index (κ2) is 9.82. The zero-order valence-corrected chi connectivity index (χ0v) is 19.7. The highest BCUT2D eigenvalue weighted by Crippen LogP contribution is 2.35. The van der Waals surface area contributed by atoms with Gasteiger partial charge in [-0.25, -0.2) is 13.2 Å². The van der Waals surface area contributed by atoms with Gasteiger partial charge in [-0.05, 0) is 56.2 Å². The molecule has 11 heteroatoms. The second-order valence-corrected chi connectivity index (χ2v) is 10.0. The first-order chi connectivity index (χ1) is 16.6. The van der Waals surface area contributed by atoms with Gasteiger partial charge in [-0.2, -0.15) is 17.5 Å². The number of ether oxygens (including phenoxy) is 1. The molecule has 0 atom stereocenters. The van der Waals surface area contributed by atoms with Crippen LogP contribution in [0, 0.1) is 0 Å². The molecular weight excluding hydrogens is 483 g/mol. The van der Waals surface area contributed by atoms with Gasteiger partial charge in [0.25, 0.3) is 0 Å². The van der Waals surface area contributed by atoms with Crippen LogP contribution >= 0.6 is 0 Å². The number of fused-ring (bicyclic) bond motifs is 1. The van der Waals surface area contributed by atoms with Crippen LogP contribution in [0.3, 0.4) is 0 Å². The lowest BCUT2D eigenvalue weighted by molar-refractivity contribution is -0.137. The van der Waals surface area contributed by atoms with Crippen LogP contribution in [0.5, 0.6) is 0 Å². The van der Waals surface area contributed by atoms with Crippen LogP contribution < -0.4 is 5.32 Å². The highest BCUT2D eigenvalue weighted by atomic mass is 32.2. The van der Waals surface area contributed by atoms with Crippen molar-refractivity contribution < 1.29 is 31.1 Å². The van der Waals surface area contributed by atoms with Crippen molar-refractivity contribution in [2.75, 3.05) is 25.0 Å². The molecular formula is C24H24F3N3O4S. The molecule has 0 amide bonds. The van der Waals surface area contributed by atoms with E-state index in [9.17, 15) is 26.4 Å². The SMILES string of the molecule is CCOC(=O)c1cnc2cc(C(F)(F)F)ccc2c1Nc1ccc(S(=O)(=O)N2CCCCC2)cc1. The highest BCUT2D eigenvalue weighted by molar-refractivity contribution is 7.89. The van der Waals surface area contributed by atoms with Gasteiger partial charge < -0.3 is 10.1 Å². The number of piperidine rings is 1. The molecule has 186 valence electrons. The van der Waals surface area contributed by atoms with Crippen molar-refractivity contribution in [1.29, 1.82) is 0 Å². The standard InChI is InChI=1S/C24H24F3N3O4S/c1-2-34-23(31)20-15-28-21-14-16(24(25,26)27)6-11-19(21)22(20)29-17-7-9-18(10-8-17)35(32,33)30-12-4-3-5-13-30/h6-11,14-15H,2-5,12-13H2,1H3,(H,28,29). The van der Waals surface area contributed by atoms with Gasteiger partial charge in [0.05, 0.1) is 28.3 Å². The number of hydrogen-bond donors (Lipinski definition) is 1. The number of nitrogens with zero attached hydrogens (tertiary/aromatic N) is 2. The summed E-state index contributed by atoms with van der Waals surface area (Å²) in [4.78, 5) is 16.7. The van der Waals surface area contributed by atoms with Crippen molar-refractivity contribution in [3.63, 3.8) is 0 Å². The van der Waals surface area contributed by atoms with Crippen molar-refractivity contribution in [3.05, 3.63) is 59.8 Å². The summed E-state index contributed by atoms with van der Waals surface area (Å²) < 4.78 is 71.9. The predicted octanol–water partition coefficient (Wildman–Crippen LogP) is 5.35. The van der Waals surface area contributed by atoms with Gasteiger partial charge in [-0.3, -0.25) is 4.98 Å². The zero-order chi connectivity index (χ0) is 25.2. The fourth-order valence-electron chi connectivity index (χ4n) is 3.98. The largest absolute Gasteiger partial charge is 0.462 e. The molecule has 0 bridgehead atoms. The average Bonchev–Trinajstić information content (AvgIpc) is 2.84. The fourth-order valence-corrected chi connectivity index (χ4v) is 5.49. The molecule has 2 aromatic carbocycles. The Balaban J connectivity index is 1.71. The van der Waals surface area contributed by atoms with E-state index < -0.39 is 27.7 Å². The number of alkyl halides is 3. The van der Waals surface area contributed by atoms with Gasteiger partial charge in [0.15, 0.2) is 0 Å². The van der Waals surface area contributed by atoms with E-state index in [1.54, 1.807) is 19.1 Å². The molecule has 4 rings (SSSR count). The average molecular weight is 508 g/mol. The van der Waals surface area contributed by atoms with E-state index in [0.717, 1.165) is 37.6 Å². The molecule has 1 aliphatic rings. The topological polar surface area (TPSA) is 88.6 Å². The minimum atomic E-state index is -4.54. The zero-order valence-electron chi connectivity index (χ0n) is 18.9. The summed E-state index contributed by atoms with van der Waals surface area (Å²) in [5, 5.41) is 3.33. The molecule has 35 heavy (non-hydrogen) atoms. The van der Waals surface area contributed by atoms with Gasteiger partial charge in [-0.15, -0.1) is 0 Å². The summed E-state index contributed by atoms with van der Waals surface area (Å²) >= 11 is 0. The molecule has 1 fully saturated rings. The van der Waals surface area contributed by atoms with Crippen molar-refractivity contribution in [2.45, 2.75) is 37.3 Å². The maximum atomic E-state index is 13.2. The van der Waals surface area contributed by atoms with Crippen molar-refractivity contribution in [2.24, 2.45) is 0 Å². The summed E-state index contributed by atoms with van der Waals surface area (Å²) in [7, 11) is -3.62. The number of hydrogen-bond acceptors (Lipinski definition) is 6. The first kappa shape index (κ1) is 24.9. The first-order valence-electron chi connectivity index (χ1n) is 11.2. The first-order valence-corrected chi connectivity index (χ1v) is 12.6. The molecule has 1 saturated heterocycles. The third-order valence-electron chi connectivity index (χ3n) is 5.77. The number of anilines is 2. The molecule has 2 heterocycles. The maximum Gasteiger partial charge on any atom is 0.416 e. The van der Waals surface area contributed by atoms with Crippen molar-refractivity contribution in [1.82, 2.24) is 9.29 Å². The lowest BCUT2D eigenvalue weighted by Gasteiger charge is -2.26. The van der Waals surface area contributed by atoms with E-state index in [-0.39, 0.29) is 33.7 Å². The molecule has 3 aromatic rings. The summed E-state index contributed by atoms with van der Waals surface area (Å²) in [5.41, 5.74) is -0.113. The van der Waals surface area contributed by atoms with Crippen LogP contribution in [0.4, 0.5) is 24.5 Å². The number of carbonyl (C=O) groups excluding carboxylic acids is 1. The molecule has 0 spiro atoms. The Morgan fingerprint density at radius 3 is 2.40 bits per heavy atom. The number of rotatable bonds is 6. The third-order valence-corrected chi connectivity index (χ3v) is 7.68. The molecule has 0 unspecified atom stereocenters. The number of esters is 1. The lowest BCUT2D eigenvalue weighted by atomic mass is 10.1. The quantitative estimate of drug-likeness (QED) is 0.453. The number of halogens is 3. The van der Waals surface area contributed by atoms with E-state index in [0.29, 0.717) is 18.8 Å². The van der Waals surface area contributed by atoms with Gasteiger partial charge in [0.2, 0.25) is 10.0 Å². The number of carbonyl (C=O) groups is 1. The Morgan fingerprint density at radius 1 is 1.09 bits per heavy atom. The molecule has 0 aliphatic carbocycles. The van der Waals surface area contributed by atoms with Crippen LogP contribution in [-0.4, -0.2) is 43.4 Å². The lowest BCUT2D eigenvalue weighted by Crippen LogP contribution is -2.35. The fraction of sp³-hybridized carbons (Fsp3) is 0.333. The van der Waals surface area contributed by atoms with E-state index in [2.05, 4.69) is 10.3 Å². The molecule has 0 saturated carbocycles. The van der Waals surface area contributed by atoms with Gasteiger partial charge in [-0.1, -0.05) is 12.5 Å². The Kier molecular flexibility index (Phi) is 7.00. The Labute approximate surface area is 201 Å². The molecule has 7 nitrogen and oxygen atoms in total. The minimum absolute atomic E-state index is 0.0414. The van der Waals surface area contributed by atoms with Crippen LogP contribution in [0.1, 0.15) is 42.1 Å². The van der Waals surface area contributed by atoms with Crippen molar-refractivity contribution >= 4 is 38.3 Å². The van der Waals surface area contributed by atoms with E-state index in [1.807, 2.05) is 0 Å². The number of benzene rings is 2. The summed E-state index contributed by atoms with van der Waals surface area (Å²) in [5.74, 6) is -0.686. The number of aromatic nitrogens is 1. The van der Waals surface area contributed by atoms with Crippen LogP contribution in [-0.2, 0) is 20.9 Å². The second-order valence-electron chi connectivity index (χ2n) is 8.11. The summed E-state index contributed by atoms with van der Waals surface area (Å²) in [6.07, 6.45) is -0.736. The molecule has 1 aromatic heterocycles. The summed E-state index contributed by atoms with van der Waals surface area (Å²) in [6, 6.07) is 9.07. The third kappa shape index (κ3) is 5.25. The number of sulfonamides is 1. The maximum absolute atomic E-state index is 13.2. The van der Waals surface area contributed by atoms with Crippen LogP contribution in [0.15, 0.2) is 53.6 Å². The number of pyridine rings is 1. The van der Waals surface area contributed by atoms with Crippen LogP contribution in [0.2, 0.25) is 0 Å². The Hall–Kier alpha value is -3.18. The predicted molar refractivity (Wildman–Crippen MR) is 125 cm³/mol. The molecule has 1 aliphatic heterocycles. The Morgan fingerprint density at radius 2 is 1.77 bits per heavy atom. The Bertz CT molecular complexity index is 1340. The normalized spacial score (nSPS) is 15.2. The monoisotopic (exact) mass is 507 g/mol. The summed E-state index contributed by atoms with van der Waals surface area (Å²) in [6.45, 7) is 2.70. The van der Waals surface area contributed by atoms with E-state index in [4.69, 9.17) is 4.74 Å². The number of nitrogens with one attached hydrogen (secondary N) is 1. The van der Waals surface area contributed by atoms with E-state index in [1.165, 1.54) is 22.5 Å². The minimum Gasteiger partial charge on any atom is -0.462 e. The molecule has 0 radical (unpaired) electrons. The van der Waals surface area contributed by atoms with Gasteiger partial charge in [0, 0.05) is 30.4 Å². The van der Waals surface area contributed by atoms with Crippen LogP contribution in [0.25, 0.3) is 10.9 Å². The van der Waals surface area contributed by atoms with Crippen molar-refractivity contribution in [3.8, 4) is 0 Å². The van der Waals surface area contributed by atoms with Gasteiger partial charge >= 0.3 is 12.1 Å². The van der Waals surface area contributed by atoms with Gasteiger partial charge in [0.1, 0.15) is 5.56 Å². The highest BCUT2D eigenvalue weighted by Gasteiger charge is 2.31. The van der Waals surface area contributed by atoms with E-state index >= 15 is 0 Å².